The average molecular weight is 1050 g/mol. The Hall–Kier alpha value is -6.93. The maximum Gasteiger partial charge on any atom is 0.326 e. The first kappa shape index (κ1) is 65.1. The Morgan fingerprint density at radius 2 is 0.905 bits per heavy atom. The molecule has 0 unspecified atom stereocenters. The number of nitrogens with one attached hydrogen (secondary N) is 8. The average Bonchev–Trinajstić information content (AvgIpc) is 3.30. The quantitative estimate of drug-likeness (QED) is 0.0295. The van der Waals surface area contributed by atoms with Crippen molar-refractivity contribution in [1.82, 2.24) is 42.5 Å². The second-order valence-electron chi connectivity index (χ2n) is 19.5. The highest BCUT2D eigenvalue weighted by atomic mass is 16.4. The predicted molar refractivity (Wildman–Crippen MR) is 269 cm³/mol. The Bertz CT molecular complexity index is 2070. The number of carbonyl (C=O) groups is 11. The number of carbonyl (C=O) groups excluding carboxylic acids is 10. The van der Waals surface area contributed by atoms with Crippen LogP contribution in [0, 0.1) is 17.8 Å². The van der Waals surface area contributed by atoms with Gasteiger partial charge in [0.1, 0.15) is 60.1 Å². The first-order valence-electron chi connectivity index (χ1n) is 24.6. The summed E-state index contributed by atoms with van der Waals surface area (Å²) in [5.41, 5.74) is 22.5. The van der Waals surface area contributed by atoms with Gasteiger partial charge in [0, 0.05) is 12.8 Å². The summed E-state index contributed by atoms with van der Waals surface area (Å²) in [6, 6.07) is -6.91. The van der Waals surface area contributed by atoms with Crippen LogP contribution in [-0.4, -0.2) is 148 Å². The smallest absolute Gasteiger partial charge is 0.326 e. The highest BCUT2D eigenvalue weighted by molar-refractivity contribution is 5.99. The van der Waals surface area contributed by atoms with E-state index >= 15 is 0 Å². The number of hydrogen-bond donors (Lipinski definition) is 15. The molecule has 0 aliphatic carbocycles. The molecule has 0 aromatic heterocycles. The summed E-state index contributed by atoms with van der Waals surface area (Å²) in [5.74, 6) is -11.1. The van der Waals surface area contributed by atoms with Crippen molar-refractivity contribution in [3.8, 4) is 5.75 Å². The van der Waals surface area contributed by atoms with Crippen LogP contribution in [0.25, 0.3) is 0 Å². The van der Waals surface area contributed by atoms with Crippen LogP contribution in [0.2, 0.25) is 0 Å². The third kappa shape index (κ3) is 25.1. The van der Waals surface area contributed by atoms with Crippen LogP contribution >= 0.6 is 0 Å². The van der Waals surface area contributed by atoms with Crippen molar-refractivity contribution < 1.29 is 68.1 Å². The Kier molecular flexibility index (Phi) is 29.0. The zero-order chi connectivity index (χ0) is 56.4. The van der Waals surface area contributed by atoms with Crippen molar-refractivity contribution in [3.05, 3.63) is 29.8 Å². The molecule has 26 heteroatoms. The highest BCUT2D eigenvalue weighted by Crippen LogP contribution is 2.15. The zero-order valence-corrected chi connectivity index (χ0v) is 43.4. The summed E-state index contributed by atoms with van der Waals surface area (Å²) in [6.07, 6.45) is -0.710. The lowest BCUT2D eigenvalue weighted by Crippen LogP contribution is -2.60. The van der Waals surface area contributed by atoms with E-state index in [9.17, 15) is 68.1 Å². The molecule has 1 aromatic rings. The highest BCUT2D eigenvalue weighted by Gasteiger charge is 2.35. The Morgan fingerprint density at radius 1 is 0.500 bits per heavy atom. The standard InChI is InChI=1S/C48H80N12O14/c1-24(2)18-33(56-43(68)32(15-16-38(51)63)55-41(66)30(50)23-61)45(70)57-34(19-25(3)4)46(71)59-36(22-39(52)64)44(69)53-27(7)40(65)54-31(10-8-9-17-49)42(67)58-35(21-28-11-13-29(62)14-12-28)47(72)60-37(48(73)74)20-26(5)6/h11-14,24-27,30-37,61-62H,8-10,15-23,49-50H2,1-7H3,(H2,51,63)(H2,52,64)(H,53,69)(H,54,65)(H,55,66)(H,56,68)(H,57,70)(H,58,67)(H,59,71)(H,60,72)(H,73,74)/t27-,30-,31-,32-,33-,34-,35-,36-,37-/m0/s1. The second-order valence-corrected chi connectivity index (χ2v) is 19.5. The van der Waals surface area contributed by atoms with Crippen LogP contribution in [0.1, 0.15) is 112 Å². The van der Waals surface area contributed by atoms with Gasteiger partial charge in [-0.3, -0.25) is 47.9 Å². The molecule has 74 heavy (non-hydrogen) atoms. The molecule has 19 N–H and O–H groups in total. The largest absolute Gasteiger partial charge is 0.508 e. The Labute approximate surface area is 431 Å². The van der Waals surface area contributed by atoms with Crippen LogP contribution in [0.5, 0.6) is 5.75 Å². The van der Waals surface area contributed by atoms with Crippen molar-refractivity contribution in [3.63, 3.8) is 0 Å². The van der Waals surface area contributed by atoms with E-state index in [1.54, 1.807) is 41.5 Å². The molecule has 0 saturated carbocycles. The van der Waals surface area contributed by atoms with Gasteiger partial charge in [-0.05, 0) is 93.9 Å². The SMILES string of the molecule is CC(C)C[C@H](NC(=O)[C@H](Cc1ccc(O)cc1)NC(=O)[C@H](CCCCN)NC(=O)[C@H](C)NC(=O)[C@H](CC(N)=O)NC(=O)[C@H](CC(C)C)NC(=O)[C@H](CC(C)C)NC(=O)[C@H](CCC(N)=O)NC(=O)[C@@H](N)CO)C(=O)O. The van der Waals surface area contributed by atoms with Gasteiger partial charge in [-0.15, -0.1) is 0 Å². The topological polar surface area (TPSA) is 449 Å². The number of carboxylic acids is 1. The van der Waals surface area contributed by atoms with E-state index in [2.05, 4.69) is 42.5 Å². The fourth-order valence-corrected chi connectivity index (χ4v) is 7.30. The van der Waals surface area contributed by atoms with Gasteiger partial charge in [0.2, 0.25) is 59.1 Å². The van der Waals surface area contributed by atoms with Crippen LogP contribution in [-0.2, 0) is 59.2 Å². The lowest BCUT2D eigenvalue weighted by molar-refractivity contribution is -0.143. The van der Waals surface area contributed by atoms with E-state index in [1.165, 1.54) is 31.2 Å². The molecule has 0 fully saturated rings. The molecule has 0 aliphatic heterocycles. The van der Waals surface area contributed by atoms with Gasteiger partial charge in [-0.2, -0.15) is 0 Å². The molecule has 26 nitrogen and oxygen atoms in total. The number of phenols is 1. The van der Waals surface area contributed by atoms with Crippen LogP contribution < -0.4 is 65.5 Å². The van der Waals surface area contributed by atoms with Gasteiger partial charge in [0.25, 0.3) is 0 Å². The number of benzene rings is 1. The number of amides is 10. The monoisotopic (exact) mass is 1050 g/mol. The summed E-state index contributed by atoms with van der Waals surface area (Å²) < 4.78 is 0. The van der Waals surface area contributed by atoms with Gasteiger partial charge in [0.05, 0.1) is 13.0 Å². The van der Waals surface area contributed by atoms with Crippen LogP contribution in [0.4, 0.5) is 0 Å². The third-order valence-corrected chi connectivity index (χ3v) is 11.2. The number of unbranched alkanes of at least 4 members (excludes halogenated alkanes) is 1. The number of nitrogens with two attached hydrogens (primary N) is 4. The van der Waals surface area contributed by atoms with Crippen molar-refractivity contribution in [2.75, 3.05) is 13.2 Å². The van der Waals surface area contributed by atoms with E-state index in [0.29, 0.717) is 18.4 Å². The molecule has 416 valence electrons. The van der Waals surface area contributed by atoms with E-state index in [0.717, 1.165) is 0 Å². The molecule has 9 atom stereocenters. The lowest BCUT2D eigenvalue weighted by atomic mass is 9.99. The minimum atomic E-state index is -1.71. The van der Waals surface area contributed by atoms with Gasteiger partial charge in [0.15, 0.2) is 0 Å². The number of carboxylic acid groups (broad SMARTS) is 1. The number of aromatic hydroxyl groups is 1. The molecule has 0 bridgehead atoms. The molecule has 0 heterocycles. The van der Waals surface area contributed by atoms with Gasteiger partial charge in [-0.1, -0.05) is 53.7 Å². The minimum Gasteiger partial charge on any atom is -0.508 e. The molecule has 0 saturated heterocycles. The normalized spacial score (nSPS) is 14.9. The number of aliphatic hydroxyl groups is 1. The van der Waals surface area contributed by atoms with Crippen molar-refractivity contribution in [1.29, 1.82) is 0 Å². The van der Waals surface area contributed by atoms with Crippen LogP contribution in [0.15, 0.2) is 24.3 Å². The van der Waals surface area contributed by atoms with Crippen LogP contribution in [0.3, 0.4) is 0 Å². The van der Waals surface area contributed by atoms with Gasteiger partial charge < -0.3 is 80.8 Å². The number of primary amides is 2. The summed E-state index contributed by atoms with van der Waals surface area (Å²) in [4.78, 5) is 145. The van der Waals surface area contributed by atoms with Gasteiger partial charge in [-0.25, -0.2) is 4.79 Å². The fourth-order valence-electron chi connectivity index (χ4n) is 7.30. The molecule has 10 amide bonds. The number of aliphatic hydroxyl groups excluding tert-OH is 1. The molecular formula is C48H80N12O14. The maximum atomic E-state index is 14.0. The molecular weight excluding hydrogens is 969 g/mol. The van der Waals surface area contributed by atoms with Crippen molar-refractivity contribution >= 4 is 65.0 Å². The summed E-state index contributed by atoms with van der Waals surface area (Å²) in [5, 5.41) is 48.8. The summed E-state index contributed by atoms with van der Waals surface area (Å²) in [7, 11) is 0. The Balaban J connectivity index is 3.40. The van der Waals surface area contributed by atoms with Crippen molar-refractivity contribution in [2.45, 2.75) is 167 Å². The summed E-state index contributed by atoms with van der Waals surface area (Å²) >= 11 is 0. The minimum absolute atomic E-state index is 0.00485. The molecule has 0 aliphatic rings. The lowest BCUT2D eigenvalue weighted by Gasteiger charge is -2.28. The molecule has 1 rings (SSSR count). The molecule has 0 radical (unpaired) electrons. The zero-order valence-electron chi connectivity index (χ0n) is 43.4. The van der Waals surface area contributed by atoms with E-state index < -0.39 is 132 Å². The van der Waals surface area contributed by atoms with E-state index in [1.807, 2.05) is 0 Å². The predicted octanol–water partition coefficient (Wildman–Crippen LogP) is -3.35. The third-order valence-electron chi connectivity index (χ3n) is 11.2. The van der Waals surface area contributed by atoms with E-state index in [4.69, 9.17) is 22.9 Å². The maximum absolute atomic E-state index is 14.0. The number of hydrogen-bond acceptors (Lipinski definition) is 15. The first-order valence-corrected chi connectivity index (χ1v) is 24.6. The first-order chi connectivity index (χ1) is 34.6. The van der Waals surface area contributed by atoms with E-state index in [-0.39, 0.29) is 75.0 Å². The Morgan fingerprint density at radius 3 is 1.36 bits per heavy atom. The fraction of sp³-hybridized carbons (Fsp3) is 0.646. The van der Waals surface area contributed by atoms with Crippen molar-refractivity contribution in [2.24, 2.45) is 40.7 Å². The van der Waals surface area contributed by atoms with Gasteiger partial charge >= 0.3 is 5.97 Å². The number of phenolic OH excluding ortho intramolecular Hbond substituents is 1. The molecule has 1 aromatic carbocycles. The second kappa shape index (κ2) is 33.0. The number of rotatable bonds is 35. The summed E-state index contributed by atoms with van der Waals surface area (Å²) in [6.45, 7) is 11.2. The molecule has 0 spiro atoms. The number of aliphatic carboxylic acids is 1.